The molecule has 3 aromatic rings. The molecule has 5 heteroatoms. The fourth-order valence-electron chi connectivity index (χ4n) is 3.23. The normalized spacial score (nSPS) is 14.0. The number of rotatable bonds is 3. The second kappa shape index (κ2) is 6.58. The maximum absolute atomic E-state index is 9.01. The number of fused-ring (bicyclic) bond motifs is 3. The highest BCUT2D eigenvalue weighted by Crippen LogP contribution is 2.38. The summed E-state index contributed by atoms with van der Waals surface area (Å²) in [5.74, 6) is 0.668. The Morgan fingerprint density at radius 3 is 3.00 bits per heavy atom. The lowest BCUT2D eigenvalue weighted by atomic mass is 10.1. The Morgan fingerprint density at radius 2 is 2.08 bits per heavy atom. The SMILES string of the molecule is N#Cc1cccc(COc2ncnc3sc4c(c23)CCCCC4)c1. The Balaban J connectivity index is 1.66. The van der Waals surface area contributed by atoms with E-state index in [4.69, 9.17) is 10.00 Å². The first-order valence-corrected chi connectivity index (χ1v) is 9.04. The molecule has 4 rings (SSSR count). The molecule has 0 bridgehead atoms. The van der Waals surface area contributed by atoms with Gasteiger partial charge in [-0.25, -0.2) is 9.97 Å². The van der Waals surface area contributed by atoms with Crippen molar-refractivity contribution in [3.05, 3.63) is 52.2 Å². The summed E-state index contributed by atoms with van der Waals surface area (Å²) in [5, 5.41) is 10.1. The van der Waals surface area contributed by atoms with Gasteiger partial charge in [-0.1, -0.05) is 18.6 Å². The van der Waals surface area contributed by atoms with Crippen LogP contribution in [-0.2, 0) is 19.4 Å². The standard InChI is InChI=1S/C19H17N3OS/c20-10-13-5-4-6-14(9-13)11-23-18-17-15-7-2-1-3-8-16(15)24-19(17)22-12-21-18/h4-6,9,12H,1-3,7-8,11H2. The van der Waals surface area contributed by atoms with Gasteiger partial charge in [0.05, 0.1) is 17.0 Å². The zero-order valence-corrected chi connectivity index (χ0v) is 14.1. The highest BCUT2D eigenvalue weighted by Gasteiger charge is 2.19. The van der Waals surface area contributed by atoms with Crippen LogP contribution in [0.15, 0.2) is 30.6 Å². The number of aromatic nitrogens is 2. The van der Waals surface area contributed by atoms with Gasteiger partial charge in [-0.2, -0.15) is 5.26 Å². The fourth-order valence-corrected chi connectivity index (χ4v) is 4.45. The average molecular weight is 335 g/mol. The maximum Gasteiger partial charge on any atom is 0.225 e. The highest BCUT2D eigenvalue weighted by molar-refractivity contribution is 7.18. The summed E-state index contributed by atoms with van der Waals surface area (Å²) in [6.07, 6.45) is 7.57. The largest absolute Gasteiger partial charge is 0.472 e. The molecule has 1 aliphatic rings. The van der Waals surface area contributed by atoms with Crippen LogP contribution in [0.2, 0.25) is 0 Å². The number of thiophene rings is 1. The number of hydrogen-bond acceptors (Lipinski definition) is 5. The van der Waals surface area contributed by atoms with Gasteiger partial charge < -0.3 is 4.74 Å². The van der Waals surface area contributed by atoms with Gasteiger partial charge in [-0.05, 0) is 48.9 Å². The van der Waals surface area contributed by atoms with Crippen LogP contribution in [-0.4, -0.2) is 9.97 Å². The van der Waals surface area contributed by atoms with Crippen LogP contribution in [0.4, 0.5) is 0 Å². The fraction of sp³-hybridized carbons (Fsp3) is 0.316. The Kier molecular flexibility index (Phi) is 4.14. The zero-order valence-electron chi connectivity index (χ0n) is 13.3. The average Bonchev–Trinajstić information content (AvgIpc) is 2.82. The monoisotopic (exact) mass is 335 g/mol. The Bertz CT molecular complexity index is 926. The van der Waals surface area contributed by atoms with Gasteiger partial charge in [-0.15, -0.1) is 11.3 Å². The molecular weight excluding hydrogens is 318 g/mol. The van der Waals surface area contributed by atoms with E-state index in [1.807, 2.05) is 18.2 Å². The third kappa shape index (κ3) is 2.85. The van der Waals surface area contributed by atoms with Crippen molar-refractivity contribution in [1.29, 1.82) is 5.26 Å². The molecule has 0 unspecified atom stereocenters. The molecule has 2 aromatic heterocycles. The summed E-state index contributed by atoms with van der Waals surface area (Å²) in [4.78, 5) is 11.3. The summed E-state index contributed by atoms with van der Waals surface area (Å²) in [6, 6.07) is 9.65. The molecule has 0 radical (unpaired) electrons. The molecule has 1 aliphatic carbocycles. The van der Waals surface area contributed by atoms with E-state index in [9.17, 15) is 0 Å². The first-order chi connectivity index (χ1) is 11.8. The number of nitriles is 1. The second-order valence-corrected chi connectivity index (χ2v) is 7.11. The molecular formula is C19H17N3OS. The summed E-state index contributed by atoms with van der Waals surface area (Å²) < 4.78 is 6.02. The molecule has 0 aliphatic heterocycles. The van der Waals surface area contributed by atoms with Gasteiger partial charge in [0.1, 0.15) is 17.8 Å². The smallest absolute Gasteiger partial charge is 0.225 e. The van der Waals surface area contributed by atoms with Gasteiger partial charge in [0.25, 0.3) is 0 Å². The molecule has 120 valence electrons. The van der Waals surface area contributed by atoms with Crippen molar-refractivity contribution >= 4 is 21.6 Å². The van der Waals surface area contributed by atoms with Crippen LogP contribution in [0.5, 0.6) is 5.88 Å². The molecule has 0 N–H and O–H groups in total. The van der Waals surface area contributed by atoms with E-state index in [1.54, 1.807) is 23.7 Å². The zero-order chi connectivity index (χ0) is 16.4. The number of ether oxygens (including phenoxy) is 1. The van der Waals surface area contributed by atoms with Crippen molar-refractivity contribution in [3.8, 4) is 11.9 Å². The summed E-state index contributed by atoms with van der Waals surface area (Å²) in [5.41, 5.74) is 3.00. The molecule has 0 amide bonds. The summed E-state index contributed by atoms with van der Waals surface area (Å²) in [6.45, 7) is 0.409. The van der Waals surface area contributed by atoms with E-state index in [0.29, 0.717) is 18.1 Å². The summed E-state index contributed by atoms with van der Waals surface area (Å²) >= 11 is 1.78. The maximum atomic E-state index is 9.01. The van der Waals surface area contributed by atoms with Crippen LogP contribution in [0.25, 0.3) is 10.2 Å². The van der Waals surface area contributed by atoms with Gasteiger partial charge in [-0.3, -0.25) is 0 Å². The minimum atomic E-state index is 0.409. The van der Waals surface area contributed by atoms with Crippen LogP contribution < -0.4 is 4.74 Å². The minimum absolute atomic E-state index is 0.409. The van der Waals surface area contributed by atoms with E-state index in [2.05, 4.69) is 16.0 Å². The van der Waals surface area contributed by atoms with Crippen LogP contribution in [0.1, 0.15) is 40.8 Å². The molecule has 0 atom stereocenters. The van der Waals surface area contributed by atoms with Crippen molar-refractivity contribution < 1.29 is 4.74 Å². The lowest BCUT2D eigenvalue weighted by Crippen LogP contribution is -1.99. The first kappa shape index (κ1) is 15.1. The van der Waals surface area contributed by atoms with Crippen molar-refractivity contribution in [3.63, 3.8) is 0 Å². The van der Waals surface area contributed by atoms with E-state index < -0.39 is 0 Å². The summed E-state index contributed by atoms with van der Waals surface area (Å²) in [7, 11) is 0. The van der Waals surface area contributed by atoms with Gasteiger partial charge in [0, 0.05) is 4.88 Å². The molecule has 0 spiro atoms. The first-order valence-electron chi connectivity index (χ1n) is 8.22. The molecule has 0 saturated heterocycles. The third-order valence-corrected chi connectivity index (χ3v) is 5.60. The molecule has 24 heavy (non-hydrogen) atoms. The third-order valence-electron chi connectivity index (χ3n) is 4.40. The quantitative estimate of drug-likeness (QED) is 0.665. The Hall–Kier alpha value is -2.45. The number of benzene rings is 1. The molecule has 1 aromatic carbocycles. The molecule has 0 saturated carbocycles. The lowest BCUT2D eigenvalue weighted by molar-refractivity contribution is 0.297. The highest BCUT2D eigenvalue weighted by atomic mass is 32.1. The van der Waals surface area contributed by atoms with E-state index in [1.165, 1.54) is 29.7 Å². The van der Waals surface area contributed by atoms with Crippen molar-refractivity contribution in [2.45, 2.75) is 38.7 Å². The molecule has 4 nitrogen and oxygen atoms in total. The topological polar surface area (TPSA) is 58.8 Å². The van der Waals surface area contributed by atoms with E-state index in [0.717, 1.165) is 28.6 Å². The van der Waals surface area contributed by atoms with E-state index >= 15 is 0 Å². The van der Waals surface area contributed by atoms with Crippen molar-refractivity contribution in [1.82, 2.24) is 9.97 Å². The second-order valence-electron chi connectivity index (χ2n) is 6.02. The van der Waals surface area contributed by atoms with Crippen molar-refractivity contribution in [2.24, 2.45) is 0 Å². The predicted octanol–water partition coefficient (Wildman–Crippen LogP) is 4.41. The van der Waals surface area contributed by atoms with Gasteiger partial charge in [0.2, 0.25) is 5.88 Å². The Labute approximate surface area is 144 Å². The lowest BCUT2D eigenvalue weighted by Gasteiger charge is -2.08. The number of aryl methyl sites for hydroxylation is 2. The Morgan fingerprint density at radius 1 is 1.17 bits per heavy atom. The van der Waals surface area contributed by atoms with Crippen molar-refractivity contribution in [2.75, 3.05) is 0 Å². The van der Waals surface area contributed by atoms with Crippen LogP contribution in [0.3, 0.4) is 0 Å². The van der Waals surface area contributed by atoms with E-state index in [-0.39, 0.29) is 0 Å². The van der Waals surface area contributed by atoms with Gasteiger partial charge in [0.15, 0.2) is 0 Å². The number of nitrogens with zero attached hydrogens (tertiary/aromatic N) is 3. The van der Waals surface area contributed by atoms with Gasteiger partial charge >= 0.3 is 0 Å². The molecule has 0 fully saturated rings. The molecule has 2 heterocycles. The number of hydrogen-bond donors (Lipinski definition) is 0. The minimum Gasteiger partial charge on any atom is -0.472 e. The van der Waals surface area contributed by atoms with Crippen LogP contribution in [0, 0.1) is 11.3 Å². The predicted molar refractivity (Wildman–Crippen MR) is 94.2 cm³/mol. The van der Waals surface area contributed by atoms with Crippen LogP contribution >= 0.6 is 11.3 Å².